The normalized spacial score (nSPS) is 13.2. The van der Waals surface area contributed by atoms with E-state index in [1.165, 1.54) is 5.56 Å². The lowest BCUT2D eigenvalue weighted by atomic mass is 9.99. The number of rotatable bonds is 3. The van der Waals surface area contributed by atoms with Crippen molar-refractivity contribution < 1.29 is 10.4 Å². The fourth-order valence-corrected chi connectivity index (χ4v) is 1.41. The smallest absolute Gasteiger partial charge is 0.134 e. The highest BCUT2D eigenvalue weighted by Gasteiger charge is 2.09. The van der Waals surface area contributed by atoms with Crippen LogP contribution in [-0.2, 0) is 0 Å². The largest absolute Gasteiger partial charge is 0.411 e. The number of nitrogens with zero attached hydrogens (tertiary/aromatic N) is 2. The Labute approximate surface area is 94.9 Å². The van der Waals surface area contributed by atoms with Crippen molar-refractivity contribution in [1.82, 2.24) is 0 Å². The first-order valence-electron chi connectivity index (χ1n) is 5.11. The molecule has 0 radical (unpaired) electrons. The van der Waals surface area contributed by atoms with Gasteiger partial charge in [-0.1, -0.05) is 48.4 Å². The van der Waals surface area contributed by atoms with E-state index in [4.69, 9.17) is 10.4 Å². The molecule has 1 rings (SSSR count). The Hall–Kier alpha value is -1.84. The van der Waals surface area contributed by atoms with Gasteiger partial charge in [-0.25, -0.2) is 0 Å². The molecule has 1 aromatic rings. The molecular weight excluding hydrogens is 204 g/mol. The van der Waals surface area contributed by atoms with E-state index in [1.54, 1.807) is 6.92 Å². The summed E-state index contributed by atoms with van der Waals surface area (Å²) >= 11 is 0. The maximum atomic E-state index is 8.86. The molecule has 4 heteroatoms. The first kappa shape index (κ1) is 12.2. The molecule has 0 saturated heterocycles. The van der Waals surface area contributed by atoms with Crippen LogP contribution in [0.25, 0.3) is 0 Å². The van der Waals surface area contributed by atoms with Crippen molar-refractivity contribution in [2.24, 2.45) is 10.3 Å². The summed E-state index contributed by atoms with van der Waals surface area (Å²) < 4.78 is 0. The summed E-state index contributed by atoms with van der Waals surface area (Å²) in [6, 6.07) is 7.63. The zero-order valence-electron chi connectivity index (χ0n) is 9.68. The molecular formula is C12H16N2O2. The van der Waals surface area contributed by atoms with Gasteiger partial charge in [0.05, 0.1) is 0 Å². The van der Waals surface area contributed by atoms with Crippen molar-refractivity contribution in [3.8, 4) is 0 Å². The van der Waals surface area contributed by atoms with Crippen LogP contribution in [0.4, 0.5) is 0 Å². The fourth-order valence-electron chi connectivity index (χ4n) is 1.41. The molecule has 0 bridgehead atoms. The Balaban J connectivity index is 3.06. The molecule has 1 aromatic carbocycles. The van der Waals surface area contributed by atoms with Gasteiger partial charge in [0.1, 0.15) is 11.4 Å². The van der Waals surface area contributed by atoms with Crippen LogP contribution in [-0.4, -0.2) is 21.8 Å². The van der Waals surface area contributed by atoms with Crippen molar-refractivity contribution in [2.45, 2.75) is 26.7 Å². The van der Waals surface area contributed by atoms with Crippen LogP contribution in [0.1, 0.15) is 37.8 Å². The lowest BCUT2D eigenvalue weighted by molar-refractivity contribution is 0.314. The van der Waals surface area contributed by atoms with E-state index in [0.29, 0.717) is 5.92 Å². The van der Waals surface area contributed by atoms with E-state index in [1.807, 2.05) is 24.3 Å². The highest BCUT2D eigenvalue weighted by Crippen LogP contribution is 2.15. The predicted molar refractivity (Wildman–Crippen MR) is 63.8 cm³/mol. The van der Waals surface area contributed by atoms with Gasteiger partial charge in [0, 0.05) is 5.56 Å². The molecule has 0 unspecified atom stereocenters. The maximum absolute atomic E-state index is 8.86. The first-order valence-corrected chi connectivity index (χ1v) is 5.11. The van der Waals surface area contributed by atoms with Gasteiger partial charge in [0.25, 0.3) is 0 Å². The summed E-state index contributed by atoms with van der Waals surface area (Å²) in [6.07, 6.45) is 0. The number of hydrogen-bond acceptors (Lipinski definition) is 4. The molecule has 0 spiro atoms. The van der Waals surface area contributed by atoms with E-state index < -0.39 is 0 Å². The summed E-state index contributed by atoms with van der Waals surface area (Å²) in [5.41, 5.74) is 2.49. The molecule has 0 aliphatic rings. The van der Waals surface area contributed by atoms with Crippen molar-refractivity contribution in [2.75, 3.05) is 0 Å². The summed E-state index contributed by atoms with van der Waals surface area (Å²) in [5, 5.41) is 23.6. The average molecular weight is 220 g/mol. The van der Waals surface area contributed by atoms with Gasteiger partial charge >= 0.3 is 0 Å². The topological polar surface area (TPSA) is 65.2 Å². The minimum Gasteiger partial charge on any atom is -0.411 e. The Morgan fingerprint density at radius 3 is 2.00 bits per heavy atom. The van der Waals surface area contributed by atoms with Crippen molar-refractivity contribution in [1.29, 1.82) is 0 Å². The van der Waals surface area contributed by atoms with Gasteiger partial charge in [0.15, 0.2) is 0 Å². The SMILES string of the molecule is CC(=NO)C(=NO)c1ccc(C(C)C)cc1. The minimum absolute atomic E-state index is 0.276. The van der Waals surface area contributed by atoms with E-state index >= 15 is 0 Å². The lowest BCUT2D eigenvalue weighted by Gasteiger charge is -2.07. The summed E-state index contributed by atoms with van der Waals surface area (Å²) in [5.74, 6) is 0.455. The lowest BCUT2D eigenvalue weighted by Crippen LogP contribution is -2.12. The van der Waals surface area contributed by atoms with Gasteiger partial charge in [-0.3, -0.25) is 0 Å². The van der Waals surface area contributed by atoms with Crippen LogP contribution in [0, 0.1) is 0 Å². The van der Waals surface area contributed by atoms with Crippen molar-refractivity contribution in [3.63, 3.8) is 0 Å². The summed E-state index contributed by atoms with van der Waals surface area (Å²) in [4.78, 5) is 0. The van der Waals surface area contributed by atoms with Crippen LogP contribution in [0.2, 0.25) is 0 Å². The van der Waals surface area contributed by atoms with E-state index in [9.17, 15) is 0 Å². The highest BCUT2D eigenvalue weighted by molar-refractivity contribution is 6.47. The van der Waals surface area contributed by atoms with E-state index in [-0.39, 0.29) is 11.4 Å². The van der Waals surface area contributed by atoms with Gasteiger partial charge in [-0.15, -0.1) is 0 Å². The molecule has 86 valence electrons. The van der Waals surface area contributed by atoms with Crippen molar-refractivity contribution >= 4 is 11.4 Å². The Morgan fingerprint density at radius 1 is 1.06 bits per heavy atom. The molecule has 0 atom stereocenters. The molecule has 0 aliphatic heterocycles. The summed E-state index contributed by atoms with van der Waals surface area (Å²) in [6.45, 7) is 5.79. The zero-order valence-corrected chi connectivity index (χ0v) is 9.68. The van der Waals surface area contributed by atoms with Crippen LogP contribution in [0.15, 0.2) is 34.6 Å². The molecule has 0 aromatic heterocycles. The number of benzene rings is 1. The Morgan fingerprint density at radius 2 is 1.62 bits per heavy atom. The molecule has 2 N–H and O–H groups in total. The molecule has 0 heterocycles. The number of oxime groups is 2. The average Bonchev–Trinajstić information content (AvgIpc) is 2.30. The third-order valence-corrected chi connectivity index (χ3v) is 2.44. The molecule has 0 saturated carbocycles. The van der Waals surface area contributed by atoms with E-state index in [2.05, 4.69) is 24.2 Å². The van der Waals surface area contributed by atoms with Crippen LogP contribution in [0.3, 0.4) is 0 Å². The minimum atomic E-state index is 0.276. The fraction of sp³-hybridized carbons (Fsp3) is 0.333. The van der Waals surface area contributed by atoms with Crippen LogP contribution in [0.5, 0.6) is 0 Å². The molecule has 0 aliphatic carbocycles. The Kier molecular flexibility index (Phi) is 4.05. The quantitative estimate of drug-likeness (QED) is 0.467. The van der Waals surface area contributed by atoms with Crippen molar-refractivity contribution in [3.05, 3.63) is 35.4 Å². The first-order chi connectivity index (χ1) is 7.60. The maximum Gasteiger partial charge on any atom is 0.134 e. The molecule has 0 amide bonds. The third kappa shape index (κ3) is 2.59. The molecule has 0 fully saturated rings. The monoisotopic (exact) mass is 220 g/mol. The molecule has 16 heavy (non-hydrogen) atoms. The second-order valence-electron chi connectivity index (χ2n) is 3.91. The van der Waals surface area contributed by atoms with E-state index in [0.717, 1.165) is 5.56 Å². The Bertz CT molecular complexity index is 406. The predicted octanol–water partition coefficient (Wildman–Crippen LogP) is 2.84. The van der Waals surface area contributed by atoms with Gasteiger partial charge < -0.3 is 10.4 Å². The standard InChI is InChI=1S/C12H16N2O2/c1-8(2)10-4-6-11(7-5-10)12(14-16)9(3)13-15/h4-8,15-16H,1-3H3. The third-order valence-electron chi connectivity index (χ3n) is 2.44. The second kappa shape index (κ2) is 5.30. The number of hydrogen-bond donors (Lipinski definition) is 2. The zero-order chi connectivity index (χ0) is 12.1. The molecule has 4 nitrogen and oxygen atoms in total. The second-order valence-corrected chi connectivity index (χ2v) is 3.91. The van der Waals surface area contributed by atoms with Gasteiger partial charge in [-0.2, -0.15) is 0 Å². The van der Waals surface area contributed by atoms with Crippen LogP contribution < -0.4 is 0 Å². The highest BCUT2D eigenvalue weighted by atomic mass is 16.4. The van der Waals surface area contributed by atoms with Crippen LogP contribution >= 0.6 is 0 Å². The van der Waals surface area contributed by atoms with Gasteiger partial charge in [-0.05, 0) is 18.4 Å². The van der Waals surface area contributed by atoms with Gasteiger partial charge in [0.2, 0.25) is 0 Å². The summed E-state index contributed by atoms with van der Waals surface area (Å²) in [7, 11) is 0.